The molecule has 2 N–H and O–H groups in total. The molecule has 1 aliphatic rings. The van der Waals surface area contributed by atoms with E-state index in [-0.39, 0.29) is 17.2 Å². The first-order valence-corrected chi connectivity index (χ1v) is 8.72. The van der Waals surface area contributed by atoms with Gasteiger partial charge in [0.25, 0.3) is 5.91 Å². The van der Waals surface area contributed by atoms with Crippen LogP contribution in [0, 0.1) is 12.7 Å². The number of amides is 1. The monoisotopic (exact) mass is 385 g/mol. The number of carbonyl (C=O) groups excluding carboxylic acids is 1. The molecule has 1 aliphatic heterocycles. The Balaban J connectivity index is 1.81. The Bertz CT molecular complexity index is 1050. The lowest BCUT2D eigenvalue weighted by Gasteiger charge is -2.23. The SMILES string of the molecule is Cc1ccc2c(c1)Nc1c(cnn1C)CN2C(=O)c1ccc(NCl)c(F)c1. The van der Waals surface area contributed by atoms with Gasteiger partial charge < -0.3 is 10.2 Å². The first-order chi connectivity index (χ1) is 13.0. The number of aromatic nitrogens is 2. The minimum absolute atomic E-state index is 0.122. The largest absolute Gasteiger partial charge is 0.338 e. The topological polar surface area (TPSA) is 62.2 Å². The fourth-order valence-corrected chi connectivity index (χ4v) is 3.34. The molecule has 4 rings (SSSR count). The first-order valence-electron chi connectivity index (χ1n) is 8.34. The van der Waals surface area contributed by atoms with Crippen molar-refractivity contribution in [3.8, 4) is 0 Å². The number of carbonyl (C=O) groups is 1. The molecule has 0 saturated carbocycles. The Hall–Kier alpha value is -3.06. The summed E-state index contributed by atoms with van der Waals surface area (Å²) in [5, 5.41) is 7.63. The van der Waals surface area contributed by atoms with E-state index in [0.29, 0.717) is 6.54 Å². The lowest BCUT2D eigenvalue weighted by atomic mass is 10.1. The van der Waals surface area contributed by atoms with Crippen molar-refractivity contribution in [1.82, 2.24) is 9.78 Å². The van der Waals surface area contributed by atoms with Crippen LogP contribution in [0.5, 0.6) is 0 Å². The second-order valence-corrected chi connectivity index (χ2v) is 6.66. The maximum Gasteiger partial charge on any atom is 0.258 e. The van der Waals surface area contributed by atoms with Crippen LogP contribution in [0.3, 0.4) is 0 Å². The molecule has 0 aliphatic carbocycles. The van der Waals surface area contributed by atoms with Gasteiger partial charge in [0.15, 0.2) is 0 Å². The van der Waals surface area contributed by atoms with E-state index in [1.54, 1.807) is 21.8 Å². The molecule has 1 amide bonds. The number of halogens is 2. The summed E-state index contributed by atoms with van der Waals surface area (Å²) in [4.78, 5) is 17.1. The highest BCUT2D eigenvalue weighted by Gasteiger charge is 2.27. The molecule has 138 valence electrons. The summed E-state index contributed by atoms with van der Waals surface area (Å²) in [5.74, 6) is -0.0707. The molecule has 2 heterocycles. The Morgan fingerprint density at radius 3 is 2.85 bits per heavy atom. The zero-order chi connectivity index (χ0) is 19.1. The highest BCUT2D eigenvalue weighted by atomic mass is 35.5. The van der Waals surface area contributed by atoms with E-state index < -0.39 is 5.82 Å². The molecule has 0 saturated heterocycles. The lowest BCUT2D eigenvalue weighted by molar-refractivity contribution is 0.0985. The molecule has 0 atom stereocenters. The van der Waals surface area contributed by atoms with Gasteiger partial charge in [-0.1, -0.05) is 6.07 Å². The van der Waals surface area contributed by atoms with Crippen molar-refractivity contribution in [2.45, 2.75) is 13.5 Å². The van der Waals surface area contributed by atoms with Gasteiger partial charge in [-0.3, -0.25) is 14.3 Å². The molecule has 1 aromatic heterocycles. The van der Waals surface area contributed by atoms with Crippen molar-refractivity contribution >= 4 is 40.6 Å². The zero-order valence-corrected chi connectivity index (χ0v) is 15.5. The number of hydrogen-bond acceptors (Lipinski definition) is 4. The minimum atomic E-state index is -0.588. The highest BCUT2D eigenvalue weighted by Crippen LogP contribution is 2.37. The molecule has 0 unspecified atom stereocenters. The van der Waals surface area contributed by atoms with Gasteiger partial charge in [0.1, 0.15) is 11.6 Å². The molecular formula is C19H17ClFN5O. The Labute approximate surface area is 160 Å². The normalized spacial score (nSPS) is 12.7. The summed E-state index contributed by atoms with van der Waals surface area (Å²) in [5.41, 5.74) is 3.81. The molecule has 3 aromatic rings. The van der Waals surface area contributed by atoms with E-state index in [4.69, 9.17) is 11.8 Å². The van der Waals surface area contributed by atoms with Crippen LogP contribution in [-0.2, 0) is 13.6 Å². The van der Waals surface area contributed by atoms with Crippen molar-refractivity contribution in [2.75, 3.05) is 15.1 Å². The maximum absolute atomic E-state index is 14.1. The van der Waals surface area contributed by atoms with Gasteiger partial charge in [-0.05, 0) is 42.8 Å². The Kier molecular flexibility index (Phi) is 4.24. The summed E-state index contributed by atoms with van der Waals surface area (Å²) in [7, 11) is 1.84. The molecule has 0 fully saturated rings. The third kappa shape index (κ3) is 3.00. The summed E-state index contributed by atoms with van der Waals surface area (Å²) in [6.45, 7) is 2.30. The van der Waals surface area contributed by atoms with Gasteiger partial charge in [-0.15, -0.1) is 0 Å². The van der Waals surface area contributed by atoms with Crippen LogP contribution >= 0.6 is 11.8 Å². The van der Waals surface area contributed by atoms with Crippen LogP contribution in [0.2, 0.25) is 0 Å². The van der Waals surface area contributed by atoms with Crippen LogP contribution in [-0.4, -0.2) is 15.7 Å². The second kappa shape index (κ2) is 6.59. The number of anilines is 4. The standard InChI is InChI=1S/C19H17ClFN5O/c1-11-3-6-17-16(7-11)23-18-13(9-22-25(18)2)10-26(17)19(27)12-4-5-15(24-20)14(21)8-12/h3-9,23-24H,10H2,1-2H3. The number of aryl methyl sites for hydroxylation is 2. The van der Waals surface area contributed by atoms with E-state index in [1.165, 1.54) is 12.1 Å². The maximum atomic E-state index is 14.1. The van der Waals surface area contributed by atoms with E-state index in [2.05, 4.69) is 15.3 Å². The third-order valence-electron chi connectivity index (χ3n) is 4.60. The van der Waals surface area contributed by atoms with E-state index >= 15 is 0 Å². The summed E-state index contributed by atoms with van der Waals surface area (Å²) in [6, 6.07) is 9.97. The molecule has 0 bridgehead atoms. The fourth-order valence-electron chi connectivity index (χ4n) is 3.19. The van der Waals surface area contributed by atoms with Crippen LogP contribution < -0.4 is 15.1 Å². The molecule has 0 spiro atoms. The van der Waals surface area contributed by atoms with Gasteiger partial charge in [0.2, 0.25) is 0 Å². The smallest absolute Gasteiger partial charge is 0.258 e. The average molecular weight is 386 g/mol. The Morgan fingerprint density at radius 1 is 1.30 bits per heavy atom. The number of hydrogen-bond donors (Lipinski definition) is 2. The predicted octanol–water partition coefficient (Wildman–Crippen LogP) is 4.34. The van der Waals surface area contributed by atoms with Crippen LogP contribution in [0.25, 0.3) is 0 Å². The Morgan fingerprint density at radius 2 is 2.11 bits per heavy atom. The molecule has 27 heavy (non-hydrogen) atoms. The zero-order valence-electron chi connectivity index (χ0n) is 14.8. The van der Waals surface area contributed by atoms with Crippen molar-refractivity contribution < 1.29 is 9.18 Å². The van der Waals surface area contributed by atoms with Gasteiger partial charge in [-0.2, -0.15) is 5.10 Å². The van der Waals surface area contributed by atoms with Crippen LogP contribution in [0.15, 0.2) is 42.6 Å². The molecular weight excluding hydrogens is 369 g/mol. The number of fused-ring (bicyclic) bond motifs is 2. The van der Waals surface area contributed by atoms with Gasteiger partial charge >= 0.3 is 0 Å². The molecule has 6 nitrogen and oxygen atoms in total. The predicted molar refractivity (Wildman–Crippen MR) is 104 cm³/mol. The number of nitrogens with one attached hydrogen (secondary N) is 2. The van der Waals surface area contributed by atoms with Crippen molar-refractivity contribution in [2.24, 2.45) is 7.05 Å². The van der Waals surface area contributed by atoms with E-state index in [9.17, 15) is 9.18 Å². The summed E-state index contributed by atoms with van der Waals surface area (Å²) < 4.78 is 15.8. The average Bonchev–Trinajstić information content (AvgIpc) is 2.90. The summed E-state index contributed by atoms with van der Waals surface area (Å²) >= 11 is 5.47. The van der Waals surface area contributed by atoms with Crippen molar-refractivity contribution in [3.05, 3.63) is 65.1 Å². The minimum Gasteiger partial charge on any atom is -0.338 e. The molecule has 2 aromatic carbocycles. The highest BCUT2D eigenvalue weighted by molar-refractivity contribution is 6.24. The van der Waals surface area contributed by atoms with Gasteiger partial charge in [0.05, 0.1) is 29.8 Å². The van der Waals surface area contributed by atoms with E-state index in [1.807, 2.05) is 32.2 Å². The quantitative estimate of drug-likeness (QED) is 0.644. The van der Waals surface area contributed by atoms with E-state index in [0.717, 1.165) is 28.3 Å². The number of benzene rings is 2. The molecule has 0 radical (unpaired) electrons. The van der Waals surface area contributed by atoms with Crippen LogP contribution in [0.4, 0.5) is 27.3 Å². The van der Waals surface area contributed by atoms with Gasteiger partial charge in [-0.25, -0.2) is 4.39 Å². The third-order valence-corrected chi connectivity index (χ3v) is 4.81. The van der Waals surface area contributed by atoms with Crippen LogP contribution in [0.1, 0.15) is 21.5 Å². The fraction of sp³-hybridized carbons (Fsp3) is 0.158. The van der Waals surface area contributed by atoms with Gasteiger partial charge in [0, 0.05) is 30.0 Å². The first kappa shape index (κ1) is 17.4. The molecule has 8 heteroatoms. The number of rotatable bonds is 2. The summed E-state index contributed by atoms with van der Waals surface area (Å²) in [6.07, 6.45) is 1.72. The second-order valence-electron chi connectivity index (χ2n) is 6.47. The van der Waals surface area contributed by atoms with Crippen molar-refractivity contribution in [1.29, 1.82) is 0 Å². The number of nitrogens with zero attached hydrogens (tertiary/aromatic N) is 3. The van der Waals surface area contributed by atoms with Crippen molar-refractivity contribution in [3.63, 3.8) is 0 Å². The lowest BCUT2D eigenvalue weighted by Crippen LogP contribution is -2.30.